The summed E-state index contributed by atoms with van der Waals surface area (Å²) in [5.74, 6) is 0.540. The van der Waals surface area contributed by atoms with E-state index < -0.39 is 0 Å². The van der Waals surface area contributed by atoms with Crippen LogP contribution in [-0.4, -0.2) is 37.3 Å². The summed E-state index contributed by atoms with van der Waals surface area (Å²) in [6, 6.07) is 9.74. The molecule has 2 rings (SSSR count). The van der Waals surface area contributed by atoms with Crippen LogP contribution >= 0.6 is 0 Å². The van der Waals surface area contributed by atoms with Crippen molar-refractivity contribution in [1.29, 1.82) is 0 Å². The number of benzene rings is 1. The molecule has 4 nitrogen and oxygen atoms in total. The first-order chi connectivity index (χ1) is 9.74. The molecular formula is C16H23NO3. The lowest BCUT2D eigenvalue weighted by Crippen LogP contribution is -2.47. The highest BCUT2D eigenvalue weighted by Gasteiger charge is 2.31. The molecule has 20 heavy (non-hydrogen) atoms. The molecular weight excluding hydrogens is 254 g/mol. The van der Waals surface area contributed by atoms with Crippen LogP contribution in [0.15, 0.2) is 30.3 Å². The Labute approximate surface area is 120 Å². The predicted molar refractivity (Wildman–Crippen MR) is 77.4 cm³/mol. The molecule has 0 spiro atoms. The van der Waals surface area contributed by atoms with Gasteiger partial charge >= 0.3 is 6.09 Å². The first kappa shape index (κ1) is 14.9. The molecule has 1 aliphatic heterocycles. The van der Waals surface area contributed by atoms with E-state index in [0.29, 0.717) is 19.1 Å². The van der Waals surface area contributed by atoms with Gasteiger partial charge in [-0.05, 0) is 17.9 Å². The molecule has 0 saturated carbocycles. The van der Waals surface area contributed by atoms with Crippen molar-refractivity contribution in [2.45, 2.75) is 32.5 Å². The van der Waals surface area contributed by atoms with Crippen molar-refractivity contribution in [2.24, 2.45) is 5.92 Å². The SMILES string of the molecule is CC[C@@H]1CCN(C(=O)OCc2ccccc2)C[C@H]1OC. The lowest BCUT2D eigenvalue weighted by atomic mass is 9.91. The van der Waals surface area contributed by atoms with Crippen molar-refractivity contribution < 1.29 is 14.3 Å². The third kappa shape index (κ3) is 3.73. The third-order valence-electron chi connectivity index (χ3n) is 3.99. The third-order valence-corrected chi connectivity index (χ3v) is 3.99. The molecule has 0 bridgehead atoms. The number of rotatable bonds is 4. The second-order valence-electron chi connectivity index (χ2n) is 5.22. The lowest BCUT2D eigenvalue weighted by Gasteiger charge is -2.36. The van der Waals surface area contributed by atoms with E-state index in [1.807, 2.05) is 30.3 Å². The van der Waals surface area contributed by atoms with Crippen molar-refractivity contribution in [3.63, 3.8) is 0 Å². The molecule has 1 fully saturated rings. The number of ether oxygens (including phenoxy) is 2. The first-order valence-corrected chi connectivity index (χ1v) is 7.23. The van der Waals surface area contributed by atoms with Crippen LogP contribution in [0.25, 0.3) is 0 Å². The molecule has 1 aromatic rings. The molecule has 2 atom stereocenters. The van der Waals surface area contributed by atoms with Gasteiger partial charge in [0, 0.05) is 13.7 Å². The van der Waals surface area contributed by atoms with Crippen LogP contribution in [-0.2, 0) is 16.1 Å². The number of likely N-dealkylation sites (tertiary alicyclic amines) is 1. The van der Waals surface area contributed by atoms with E-state index in [-0.39, 0.29) is 12.2 Å². The number of hydrogen-bond donors (Lipinski definition) is 0. The van der Waals surface area contributed by atoms with Crippen LogP contribution in [0.4, 0.5) is 4.79 Å². The summed E-state index contributed by atoms with van der Waals surface area (Å²) in [4.78, 5) is 13.8. The second-order valence-corrected chi connectivity index (χ2v) is 5.22. The zero-order chi connectivity index (χ0) is 14.4. The number of nitrogens with zero attached hydrogens (tertiary/aromatic N) is 1. The Morgan fingerprint density at radius 3 is 2.75 bits per heavy atom. The van der Waals surface area contributed by atoms with Gasteiger partial charge in [-0.25, -0.2) is 4.79 Å². The molecule has 0 aromatic heterocycles. The molecule has 0 N–H and O–H groups in total. The largest absolute Gasteiger partial charge is 0.445 e. The van der Waals surface area contributed by atoms with E-state index in [4.69, 9.17) is 9.47 Å². The topological polar surface area (TPSA) is 38.8 Å². The van der Waals surface area contributed by atoms with Crippen LogP contribution in [0.2, 0.25) is 0 Å². The maximum Gasteiger partial charge on any atom is 0.410 e. The minimum absolute atomic E-state index is 0.123. The zero-order valence-electron chi connectivity index (χ0n) is 12.2. The van der Waals surface area contributed by atoms with Gasteiger partial charge < -0.3 is 14.4 Å². The van der Waals surface area contributed by atoms with Crippen molar-refractivity contribution in [1.82, 2.24) is 4.90 Å². The fraction of sp³-hybridized carbons (Fsp3) is 0.562. The summed E-state index contributed by atoms with van der Waals surface area (Å²) in [5, 5.41) is 0. The van der Waals surface area contributed by atoms with Crippen LogP contribution < -0.4 is 0 Å². The van der Waals surface area contributed by atoms with E-state index in [0.717, 1.165) is 24.9 Å². The summed E-state index contributed by atoms with van der Waals surface area (Å²) in [6.45, 7) is 3.87. The number of carbonyl (C=O) groups is 1. The van der Waals surface area contributed by atoms with Crippen LogP contribution in [0.1, 0.15) is 25.3 Å². The fourth-order valence-electron chi connectivity index (χ4n) is 2.68. The maximum atomic E-state index is 12.1. The number of hydrogen-bond acceptors (Lipinski definition) is 3. The second kappa shape index (κ2) is 7.29. The Morgan fingerprint density at radius 2 is 2.10 bits per heavy atom. The van der Waals surface area contributed by atoms with E-state index >= 15 is 0 Å². The average Bonchev–Trinajstić information content (AvgIpc) is 2.52. The minimum Gasteiger partial charge on any atom is -0.445 e. The number of methoxy groups -OCH3 is 1. The van der Waals surface area contributed by atoms with Gasteiger partial charge in [0.15, 0.2) is 0 Å². The summed E-state index contributed by atoms with van der Waals surface area (Å²) < 4.78 is 10.8. The average molecular weight is 277 g/mol. The van der Waals surface area contributed by atoms with Gasteiger partial charge in [-0.3, -0.25) is 0 Å². The number of amides is 1. The van der Waals surface area contributed by atoms with E-state index in [1.165, 1.54) is 0 Å². The minimum atomic E-state index is -0.245. The molecule has 1 amide bonds. The van der Waals surface area contributed by atoms with Gasteiger partial charge in [-0.15, -0.1) is 0 Å². The Kier molecular flexibility index (Phi) is 5.41. The van der Waals surface area contributed by atoms with Gasteiger partial charge in [0.1, 0.15) is 6.61 Å². The first-order valence-electron chi connectivity index (χ1n) is 7.23. The maximum absolute atomic E-state index is 12.1. The van der Waals surface area contributed by atoms with Gasteiger partial charge in [0.05, 0.1) is 12.6 Å². The van der Waals surface area contributed by atoms with Crippen LogP contribution in [0, 0.1) is 5.92 Å². The summed E-state index contributed by atoms with van der Waals surface area (Å²) in [6.07, 6.45) is 1.95. The molecule has 1 aromatic carbocycles. The van der Waals surface area contributed by atoms with E-state index in [2.05, 4.69) is 6.92 Å². The van der Waals surface area contributed by atoms with Gasteiger partial charge in [0.2, 0.25) is 0 Å². The predicted octanol–water partition coefficient (Wildman–Crippen LogP) is 3.07. The Balaban J connectivity index is 1.84. The van der Waals surface area contributed by atoms with Gasteiger partial charge in [-0.1, -0.05) is 43.7 Å². The van der Waals surface area contributed by atoms with Crippen molar-refractivity contribution >= 4 is 6.09 Å². The highest BCUT2D eigenvalue weighted by Crippen LogP contribution is 2.23. The highest BCUT2D eigenvalue weighted by molar-refractivity contribution is 5.67. The lowest BCUT2D eigenvalue weighted by molar-refractivity contribution is -0.0139. The summed E-state index contributed by atoms with van der Waals surface area (Å²) >= 11 is 0. The number of carbonyl (C=O) groups excluding carboxylic acids is 1. The zero-order valence-corrected chi connectivity index (χ0v) is 12.2. The molecule has 0 radical (unpaired) electrons. The molecule has 1 saturated heterocycles. The van der Waals surface area contributed by atoms with E-state index in [1.54, 1.807) is 12.0 Å². The molecule has 1 heterocycles. The highest BCUT2D eigenvalue weighted by atomic mass is 16.6. The number of piperidine rings is 1. The summed E-state index contributed by atoms with van der Waals surface area (Å²) in [7, 11) is 1.71. The van der Waals surface area contributed by atoms with Gasteiger partial charge in [-0.2, -0.15) is 0 Å². The molecule has 0 aliphatic carbocycles. The van der Waals surface area contributed by atoms with Crippen molar-refractivity contribution in [3.8, 4) is 0 Å². The van der Waals surface area contributed by atoms with Gasteiger partial charge in [0.25, 0.3) is 0 Å². The Hall–Kier alpha value is -1.55. The molecule has 4 heteroatoms. The van der Waals surface area contributed by atoms with Crippen molar-refractivity contribution in [2.75, 3.05) is 20.2 Å². The van der Waals surface area contributed by atoms with E-state index in [9.17, 15) is 4.79 Å². The van der Waals surface area contributed by atoms with Crippen molar-refractivity contribution in [3.05, 3.63) is 35.9 Å². The molecule has 110 valence electrons. The Bertz CT molecular complexity index is 421. The fourth-order valence-corrected chi connectivity index (χ4v) is 2.68. The quantitative estimate of drug-likeness (QED) is 0.849. The molecule has 1 aliphatic rings. The van der Waals surface area contributed by atoms with Crippen LogP contribution in [0.5, 0.6) is 0 Å². The standard InChI is InChI=1S/C16H23NO3/c1-3-14-9-10-17(11-15(14)19-2)16(18)20-12-13-7-5-4-6-8-13/h4-8,14-15H,3,9-12H2,1-2H3/t14-,15-/m1/s1. The van der Waals surface area contributed by atoms with Crippen LogP contribution in [0.3, 0.4) is 0 Å². The summed E-state index contributed by atoms with van der Waals surface area (Å²) in [5.41, 5.74) is 1.01. The smallest absolute Gasteiger partial charge is 0.410 e. The monoisotopic (exact) mass is 277 g/mol. The Morgan fingerprint density at radius 1 is 1.35 bits per heavy atom. The molecule has 0 unspecified atom stereocenters. The normalized spacial score (nSPS) is 22.6.